The summed E-state index contributed by atoms with van der Waals surface area (Å²) in [5.74, 6) is -0.723. The van der Waals surface area contributed by atoms with Crippen molar-refractivity contribution in [1.82, 2.24) is 0 Å². The average molecular weight is 336 g/mol. The van der Waals surface area contributed by atoms with E-state index in [0.29, 0.717) is 0 Å². The van der Waals surface area contributed by atoms with E-state index in [1.807, 2.05) is 0 Å². The first-order valence-electron chi connectivity index (χ1n) is 4.91. The summed E-state index contributed by atoms with van der Waals surface area (Å²) in [6.45, 7) is 0. The normalized spacial score (nSPS) is 32.1. The molecule has 12 heteroatoms. The van der Waals surface area contributed by atoms with Crippen molar-refractivity contribution in [2.75, 3.05) is 0 Å². The summed E-state index contributed by atoms with van der Waals surface area (Å²) in [4.78, 5) is 39.2. The summed E-state index contributed by atoms with van der Waals surface area (Å²) in [6.07, 6.45) is -1.92. The van der Waals surface area contributed by atoms with Crippen LogP contribution < -0.4 is 68.9 Å². The summed E-state index contributed by atoms with van der Waals surface area (Å²) in [5, 5.41) is 5.83. The SMILES string of the molecule is O=P([O-])(O)C(O)(C[C@@H]1CC[C@H](F)C1)P(=O)([O-])O.[Na+].[Na+]. The quantitative estimate of drug-likeness (QED) is 0.342. The molecular formula is C7H13FNa2O7P2. The zero-order valence-electron chi connectivity index (χ0n) is 10.7. The van der Waals surface area contributed by atoms with Crippen LogP contribution in [0, 0.1) is 5.92 Å². The molecule has 0 radical (unpaired) electrons. The molecule has 102 valence electrons. The van der Waals surface area contributed by atoms with Crippen molar-refractivity contribution in [2.45, 2.75) is 36.9 Å². The van der Waals surface area contributed by atoms with Gasteiger partial charge in [-0.05, 0) is 31.6 Å². The third-order valence-electron chi connectivity index (χ3n) is 2.94. The molecule has 0 heterocycles. The van der Waals surface area contributed by atoms with Gasteiger partial charge >= 0.3 is 59.1 Å². The van der Waals surface area contributed by atoms with E-state index in [4.69, 9.17) is 9.79 Å². The molecule has 1 aliphatic rings. The molecule has 0 aromatic carbocycles. The van der Waals surface area contributed by atoms with Crippen molar-refractivity contribution in [1.29, 1.82) is 0 Å². The Morgan fingerprint density at radius 1 is 1.16 bits per heavy atom. The Morgan fingerprint density at radius 2 is 1.58 bits per heavy atom. The number of hydrogen-bond acceptors (Lipinski definition) is 5. The number of alkyl halides is 1. The fraction of sp³-hybridized carbons (Fsp3) is 1.00. The molecule has 0 amide bonds. The first-order valence-corrected chi connectivity index (χ1v) is 8.07. The predicted octanol–water partition coefficient (Wildman–Crippen LogP) is -6.74. The Morgan fingerprint density at radius 3 is 1.84 bits per heavy atom. The maximum atomic E-state index is 12.8. The number of hydrogen-bond donors (Lipinski definition) is 3. The van der Waals surface area contributed by atoms with Crippen molar-refractivity contribution in [3.8, 4) is 0 Å². The Bertz CT molecular complexity index is 362. The molecule has 1 fully saturated rings. The smallest absolute Gasteiger partial charge is 0.776 e. The largest absolute Gasteiger partial charge is 1.00 e. The minimum Gasteiger partial charge on any atom is -0.776 e. The van der Waals surface area contributed by atoms with E-state index in [9.17, 15) is 28.4 Å². The van der Waals surface area contributed by atoms with E-state index in [-0.39, 0.29) is 78.4 Å². The van der Waals surface area contributed by atoms with Crippen LogP contribution in [0.2, 0.25) is 0 Å². The van der Waals surface area contributed by atoms with Crippen molar-refractivity contribution in [3.05, 3.63) is 0 Å². The molecule has 7 nitrogen and oxygen atoms in total. The van der Waals surface area contributed by atoms with E-state index >= 15 is 0 Å². The fourth-order valence-corrected chi connectivity index (χ4v) is 4.23. The van der Waals surface area contributed by atoms with Crippen LogP contribution >= 0.6 is 15.2 Å². The van der Waals surface area contributed by atoms with E-state index in [1.165, 1.54) is 0 Å². The van der Waals surface area contributed by atoms with Gasteiger partial charge in [-0.1, -0.05) is 0 Å². The van der Waals surface area contributed by atoms with Gasteiger partial charge in [0.25, 0.3) is 0 Å². The molecular weight excluding hydrogens is 323 g/mol. The van der Waals surface area contributed by atoms with Gasteiger partial charge in [-0.15, -0.1) is 0 Å². The molecule has 0 aromatic heterocycles. The van der Waals surface area contributed by atoms with Crippen molar-refractivity contribution < 1.29 is 97.3 Å². The van der Waals surface area contributed by atoms with Gasteiger partial charge < -0.3 is 33.8 Å². The second-order valence-corrected chi connectivity index (χ2v) is 8.21. The van der Waals surface area contributed by atoms with Crippen LogP contribution in [0.15, 0.2) is 0 Å². The maximum Gasteiger partial charge on any atom is 1.00 e. The molecule has 0 bridgehead atoms. The number of halogens is 1. The van der Waals surface area contributed by atoms with E-state index in [2.05, 4.69) is 0 Å². The molecule has 0 spiro atoms. The van der Waals surface area contributed by atoms with Gasteiger partial charge in [0.1, 0.15) is 6.17 Å². The summed E-state index contributed by atoms with van der Waals surface area (Å²) in [5.41, 5.74) is 0. The van der Waals surface area contributed by atoms with Gasteiger partial charge in [-0.2, -0.15) is 0 Å². The van der Waals surface area contributed by atoms with Gasteiger partial charge in [0.15, 0.2) is 20.3 Å². The minimum atomic E-state index is -5.72. The van der Waals surface area contributed by atoms with Crippen LogP contribution in [0.5, 0.6) is 0 Å². The second kappa shape index (κ2) is 8.16. The molecule has 19 heavy (non-hydrogen) atoms. The molecule has 1 saturated carbocycles. The zero-order chi connectivity index (χ0) is 13.5. The molecule has 0 aliphatic heterocycles. The van der Waals surface area contributed by atoms with Gasteiger partial charge in [-0.25, -0.2) is 4.39 Å². The van der Waals surface area contributed by atoms with Crippen LogP contribution in [0.3, 0.4) is 0 Å². The van der Waals surface area contributed by atoms with Crippen LogP contribution in [0.4, 0.5) is 4.39 Å². The summed E-state index contributed by atoms with van der Waals surface area (Å²) < 4.78 is 34.6. The first-order chi connectivity index (χ1) is 7.47. The van der Waals surface area contributed by atoms with Gasteiger partial charge in [0, 0.05) is 0 Å². The second-order valence-electron chi connectivity index (χ2n) is 4.30. The van der Waals surface area contributed by atoms with Gasteiger partial charge in [-0.3, -0.25) is 0 Å². The zero-order valence-corrected chi connectivity index (χ0v) is 16.5. The molecule has 0 aromatic rings. The van der Waals surface area contributed by atoms with E-state index < -0.39 is 38.8 Å². The Kier molecular flexibility index (Phi) is 10.1. The number of aliphatic hydroxyl groups is 1. The maximum absolute atomic E-state index is 12.8. The molecule has 2 unspecified atom stereocenters. The monoisotopic (exact) mass is 336 g/mol. The van der Waals surface area contributed by atoms with Crippen LogP contribution in [0.25, 0.3) is 0 Å². The predicted molar refractivity (Wildman–Crippen MR) is 51.5 cm³/mol. The third-order valence-corrected chi connectivity index (χ3v) is 6.64. The van der Waals surface area contributed by atoms with Crippen molar-refractivity contribution in [2.24, 2.45) is 5.92 Å². The number of rotatable bonds is 4. The van der Waals surface area contributed by atoms with E-state index in [0.717, 1.165) is 0 Å². The molecule has 1 aliphatic carbocycles. The molecule has 4 atom stereocenters. The standard InChI is InChI=1S/C7H15FO7P2.2Na/c8-6-2-1-5(3-6)4-7(9,16(10,11)12)17(13,14)15;;/h5-6,9H,1-4H2,(H2,10,11,12)(H2,13,14,15);;/q;2*+1/p-2/t5-,6+;;/m1../s1. The Labute approximate surface area is 154 Å². The van der Waals surface area contributed by atoms with Crippen LogP contribution in [0.1, 0.15) is 25.7 Å². The third kappa shape index (κ3) is 5.71. The molecule has 0 saturated heterocycles. The van der Waals surface area contributed by atoms with Crippen molar-refractivity contribution >= 4 is 15.2 Å². The Hall–Kier alpha value is 2.19. The average Bonchev–Trinajstić information content (AvgIpc) is 2.47. The minimum absolute atomic E-state index is 0. The van der Waals surface area contributed by atoms with Gasteiger partial charge in [0.2, 0.25) is 0 Å². The molecule has 1 rings (SSSR count). The van der Waals surface area contributed by atoms with Crippen LogP contribution in [-0.4, -0.2) is 26.1 Å². The summed E-state index contributed by atoms with van der Waals surface area (Å²) in [7, 11) is -11.4. The molecule has 3 N–H and O–H groups in total. The first kappa shape index (κ1) is 23.5. The van der Waals surface area contributed by atoms with E-state index in [1.54, 1.807) is 0 Å². The topological polar surface area (TPSA) is 141 Å². The fourth-order valence-electron chi connectivity index (χ4n) is 1.98. The van der Waals surface area contributed by atoms with Crippen molar-refractivity contribution in [3.63, 3.8) is 0 Å². The summed E-state index contributed by atoms with van der Waals surface area (Å²) >= 11 is 0. The van der Waals surface area contributed by atoms with Crippen LogP contribution in [-0.2, 0) is 9.13 Å². The summed E-state index contributed by atoms with van der Waals surface area (Å²) in [6, 6.07) is 0. The Balaban J connectivity index is 0. The van der Waals surface area contributed by atoms with Gasteiger partial charge in [0.05, 0.1) is 0 Å².